The Balaban J connectivity index is 1.18. The van der Waals surface area contributed by atoms with Crippen LogP contribution in [0.25, 0.3) is 45.2 Å². The average Bonchev–Trinajstić information content (AvgIpc) is 3.67. The van der Waals surface area contributed by atoms with Crippen LogP contribution in [0.1, 0.15) is 24.0 Å². The fourth-order valence-electron chi connectivity index (χ4n) is 5.36. The van der Waals surface area contributed by atoms with E-state index in [1.807, 2.05) is 79.3 Å². The number of hydrogen-bond donors (Lipinski definition) is 3. The number of benzene rings is 1. The molecule has 1 aliphatic rings. The Morgan fingerprint density at radius 3 is 2.70 bits per heavy atom. The summed E-state index contributed by atoms with van der Waals surface area (Å²) in [6, 6.07) is 19.6. The van der Waals surface area contributed by atoms with Crippen LogP contribution in [0.2, 0.25) is 0 Å². The number of anilines is 1. The monoisotopic (exact) mass is 564 g/mol. The van der Waals surface area contributed by atoms with Gasteiger partial charge in [-0.2, -0.15) is 5.10 Å². The zero-order valence-electron chi connectivity index (χ0n) is 23.3. The second kappa shape index (κ2) is 11.7. The number of aromatic amines is 2. The fourth-order valence-corrected chi connectivity index (χ4v) is 5.36. The van der Waals surface area contributed by atoms with E-state index >= 15 is 0 Å². The Kier molecular flexibility index (Phi) is 7.10. The number of carbonyl (C=O) groups excluding carboxylic acids is 1. The second-order valence-corrected chi connectivity index (χ2v) is 10.4. The molecule has 3 N–H and O–H groups in total. The van der Waals surface area contributed by atoms with E-state index in [9.17, 15) is 4.79 Å². The highest BCUT2D eigenvalue weighted by Gasteiger charge is 2.15. The summed E-state index contributed by atoms with van der Waals surface area (Å²) < 4.78 is 0. The van der Waals surface area contributed by atoms with Gasteiger partial charge in [-0.05, 0) is 59.9 Å². The lowest BCUT2D eigenvalue weighted by Crippen LogP contribution is -2.24. The minimum Gasteiger partial charge on any atom is -0.352 e. The first-order valence-corrected chi connectivity index (χ1v) is 14.2. The molecule has 6 heterocycles. The number of nitrogens with one attached hydrogen (secondary N) is 3. The van der Waals surface area contributed by atoms with Crippen molar-refractivity contribution in [3.8, 4) is 22.6 Å². The van der Waals surface area contributed by atoms with Crippen molar-refractivity contribution in [3.63, 3.8) is 0 Å². The van der Waals surface area contributed by atoms with Gasteiger partial charge in [-0.25, -0.2) is 0 Å². The second-order valence-electron chi connectivity index (χ2n) is 10.4. The fraction of sp³-hybridized carbons (Fsp3) is 0.118. The number of rotatable bonds is 6. The Labute approximate surface area is 247 Å². The molecule has 1 aromatic carbocycles. The van der Waals surface area contributed by atoms with Crippen molar-refractivity contribution < 1.29 is 4.79 Å². The highest BCUT2D eigenvalue weighted by molar-refractivity contribution is 5.96. The lowest BCUT2D eigenvalue weighted by atomic mass is 10.0. The standard InChI is InChI=1S/C34H28N8O/c43-32(15-22-7-2-1-3-8-22)39-25-16-24(18-35-19-25)23-9-6-14-38-33-29(12-11-23)41-42-34(33)30-17-26-27(20-36-21-31(26)40-30)28-10-4-5-13-37-28/h1-5,7-8,10-13,16-21,40-41H,6,9,14-15H2,(H,39,43)/b23-11+,29-12+,38-33?. The SMILES string of the molecule is O=C(Cc1ccccc1)Nc1cncc(/C2=C/C=c3/[nH]nc(-c4cc5c(-c6ccccn6)cncc5[nH]4)c3=NCCC2)c1. The van der Waals surface area contributed by atoms with Crippen molar-refractivity contribution in [2.24, 2.45) is 4.99 Å². The Morgan fingerprint density at radius 2 is 1.81 bits per heavy atom. The van der Waals surface area contributed by atoms with Crippen molar-refractivity contribution in [1.82, 2.24) is 30.1 Å². The van der Waals surface area contributed by atoms with Gasteiger partial charge < -0.3 is 10.3 Å². The smallest absolute Gasteiger partial charge is 0.228 e. The first kappa shape index (κ1) is 26.2. The first-order chi connectivity index (χ1) is 21.2. The predicted octanol–water partition coefficient (Wildman–Crippen LogP) is 4.87. The van der Waals surface area contributed by atoms with Gasteiger partial charge in [-0.15, -0.1) is 0 Å². The van der Waals surface area contributed by atoms with E-state index in [4.69, 9.17) is 4.99 Å². The van der Waals surface area contributed by atoms with Gasteiger partial charge in [0.2, 0.25) is 5.91 Å². The maximum absolute atomic E-state index is 12.6. The molecule has 0 atom stereocenters. The Morgan fingerprint density at radius 1 is 0.930 bits per heavy atom. The number of carbonyl (C=O) groups is 1. The van der Waals surface area contributed by atoms with Crippen molar-refractivity contribution in [1.29, 1.82) is 0 Å². The maximum Gasteiger partial charge on any atom is 0.228 e. The highest BCUT2D eigenvalue weighted by Crippen LogP contribution is 2.29. The lowest BCUT2D eigenvalue weighted by molar-refractivity contribution is -0.115. The van der Waals surface area contributed by atoms with E-state index in [-0.39, 0.29) is 5.91 Å². The molecule has 43 heavy (non-hydrogen) atoms. The molecule has 6 aromatic rings. The van der Waals surface area contributed by atoms with Gasteiger partial charge in [-0.3, -0.25) is 29.8 Å². The average molecular weight is 565 g/mol. The topological polar surface area (TPSA) is 125 Å². The van der Waals surface area contributed by atoms with Gasteiger partial charge >= 0.3 is 0 Å². The van der Waals surface area contributed by atoms with Crippen LogP contribution in [0.15, 0.2) is 103 Å². The number of allylic oxidation sites excluding steroid dienone is 2. The summed E-state index contributed by atoms with van der Waals surface area (Å²) in [6.45, 7) is 0.645. The number of nitrogens with zero attached hydrogens (tertiary/aromatic N) is 5. The Bertz CT molecular complexity index is 2080. The van der Waals surface area contributed by atoms with Crippen LogP contribution in [0.4, 0.5) is 5.69 Å². The molecule has 0 fully saturated rings. The van der Waals surface area contributed by atoms with Crippen LogP contribution in [0.3, 0.4) is 0 Å². The third-order valence-corrected chi connectivity index (χ3v) is 7.43. The quantitative estimate of drug-likeness (QED) is 0.266. The molecule has 0 spiro atoms. The van der Waals surface area contributed by atoms with Gasteiger partial charge in [0.25, 0.3) is 0 Å². The van der Waals surface area contributed by atoms with Gasteiger partial charge in [-0.1, -0.05) is 42.5 Å². The zero-order valence-corrected chi connectivity index (χ0v) is 23.3. The number of pyridine rings is 3. The number of amides is 1. The molecule has 0 unspecified atom stereocenters. The molecule has 9 nitrogen and oxygen atoms in total. The molecule has 1 aliphatic heterocycles. The van der Waals surface area contributed by atoms with E-state index in [2.05, 4.69) is 47.6 Å². The summed E-state index contributed by atoms with van der Waals surface area (Å²) >= 11 is 0. The summed E-state index contributed by atoms with van der Waals surface area (Å²) in [5.74, 6) is -0.0755. The summed E-state index contributed by atoms with van der Waals surface area (Å²) in [5.41, 5.74) is 8.07. The summed E-state index contributed by atoms with van der Waals surface area (Å²) in [6.07, 6.45) is 15.0. The summed E-state index contributed by atoms with van der Waals surface area (Å²) in [4.78, 5) is 34.4. The first-order valence-electron chi connectivity index (χ1n) is 14.2. The van der Waals surface area contributed by atoms with Gasteiger partial charge in [0.05, 0.1) is 46.8 Å². The predicted molar refractivity (Wildman–Crippen MR) is 167 cm³/mol. The normalized spacial score (nSPS) is 15.1. The lowest BCUT2D eigenvalue weighted by Gasteiger charge is -2.10. The van der Waals surface area contributed by atoms with E-state index in [1.54, 1.807) is 12.4 Å². The Hall–Kier alpha value is -5.70. The summed E-state index contributed by atoms with van der Waals surface area (Å²) in [5, 5.41) is 13.5. The van der Waals surface area contributed by atoms with E-state index in [0.29, 0.717) is 18.7 Å². The minimum absolute atomic E-state index is 0.0755. The largest absolute Gasteiger partial charge is 0.352 e. The van der Waals surface area contributed by atoms with Crippen LogP contribution in [0.5, 0.6) is 0 Å². The third-order valence-electron chi connectivity index (χ3n) is 7.43. The molecule has 0 radical (unpaired) electrons. The van der Waals surface area contributed by atoms with Crippen molar-refractivity contribution in [3.05, 3.63) is 120 Å². The summed E-state index contributed by atoms with van der Waals surface area (Å²) in [7, 11) is 0. The molecule has 0 aliphatic carbocycles. The molecule has 0 saturated carbocycles. The number of fused-ring (bicyclic) bond motifs is 2. The number of aromatic nitrogens is 6. The van der Waals surface area contributed by atoms with Gasteiger partial charge in [0, 0.05) is 36.1 Å². The van der Waals surface area contributed by atoms with Gasteiger partial charge in [0.1, 0.15) is 11.1 Å². The molecule has 5 aromatic heterocycles. The maximum atomic E-state index is 12.6. The van der Waals surface area contributed by atoms with E-state index in [0.717, 1.165) is 73.8 Å². The number of hydrogen-bond acceptors (Lipinski definition) is 6. The molecule has 210 valence electrons. The van der Waals surface area contributed by atoms with Crippen LogP contribution in [-0.4, -0.2) is 42.6 Å². The number of H-pyrrole nitrogens is 2. The van der Waals surface area contributed by atoms with E-state index in [1.165, 1.54) is 0 Å². The van der Waals surface area contributed by atoms with E-state index < -0.39 is 0 Å². The van der Waals surface area contributed by atoms with Crippen molar-refractivity contribution >= 4 is 34.1 Å². The molecule has 1 amide bonds. The van der Waals surface area contributed by atoms with Crippen molar-refractivity contribution in [2.45, 2.75) is 19.3 Å². The zero-order chi connectivity index (χ0) is 29.0. The van der Waals surface area contributed by atoms with Crippen molar-refractivity contribution in [2.75, 3.05) is 11.9 Å². The molecular formula is C34H28N8O. The molecule has 0 saturated heterocycles. The highest BCUT2D eigenvalue weighted by atomic mass is 16.1. The molecule has 9 heteroatoms. The van der Waals surface area contributed by atoms with Gasteiger partial charge in [0.15, 0.2) is 0 Å². The third kappa shape index (κ3) is 5.60. The molecule has 0 bridgehead atoms. The van der Waals surface area contributed by atoms with Crippen LogP contribution in [0, 0.1) is 0 Å². The molecular weight excluding hydrogens is 536 g/mol. The van der Waals surface area contributed by atoms with Crippen LogP contribution >= 0.6 is 0 Å². The minimum atomic E-state index is -0.0755. The molecule has 7 rings (SSSR count). The van der Waals surface area contributed by atoms with Crippen LogP contribution < -0.4 is 16.0 Å². The van der Waals surface area contributed by atoms with Crippen LogP contribution in [-0.2, 0) is 11.2 Å².